The third-order valence-corrected chi connectivity index (χ3v) is 5.68. The number of carbonyl (C=O) groups excluding carboxylic acids is 1. The van der Waals surface area contributed by atoms with Crippen molar-refractivity contribution in [2.75, 3.05) is 12.9 Å². The van der Waals surface area contributed by atoms with Gasteiger partial charge in [-0.3, -0.25) is 4.79 Å². The number of nitrogens with one attached hydrogen (secondary N) is 1. The number of nitrogens with zero attached hydrogens (tertiary/aromatic N) is 3. The number of carbonyl (C=O) groups is 1. The van der Waals surface area contributed by atoms with Crippen molar-refractivity contribution in [2.45, 2.75) is 31.6 Å². The van der Waals surface area contributed by atoms with Crippen LogP contribution in [0.25, 0.3) is 11.4 Å². The standard InChI is InChI=1S/C21H23ClN4O2S/c1-4-26-20(17-7-5-6-8-18(17)28-3)24-25-21(26)29-13-19(27)23-14(2)15-9-11-16(22)12-10-15/h5-12,14H,4,13H2,1-3H3,(H,23,27). The number of methoxy groups -OCH3 is 1. The van der Waals surface area contributed by atoms with Crippen LogP contribution in [0.2, 0.25) is 5.02 Å². The first-order chi connectivity index (χ1) is 14.0. The molecular formula is C21H23ClN4O2S. The van der Waals surface area contributed by atoms with E-state index < -0.39 is 0 Å². The highest BCUT2D eigenvalue weighted by Gasteiger charge is 2.18. The minimum Gasteiger partial charge on any atom is -0.496 e. The summed E-state index contributed by atoms with van der Waals surface area (Å²) in [5.74, 6) is 1.65. The highest BCUT2D eigenvalue weighted by Crippen LogP contribution is 2.30. The van der Waals surface area contributed by atoms with Gasteiger partial charge in [0.15, 0.2) is 11.0 Å². The van der Waals surface area contributed by atoms with Gasteiger partial charge in [0.05, 0.1) is 24.5 Å². The van der Waals surface area contributed by atoms with Crippen LogP contribution in [0.1, 0.15) is 25.5 Å². The third-order valence-electron chi connectivity index (χ3n) is 4.46. The lowest BCUT2D eigenvalue weighted by atomic mass is 10.1. The van der Waals surface area contributed by atoms with Crippen molar-refractivity contribution in [1.82, 2.24) is 20.1 Å². The summed E-state index contributed by atoms with van der Waals surface area (Å²) < 4.78 is 7.42. The van der Waals surface area contributed by atoms with Gasteiger partial charge in [0.2, 0.25) is 5.91 Å². The van der Waals surface area contributed by atoms with Gasteiger partial charge in [-0.15, -0.1) is 10.2 Å². The van der Waals surface area contributed by atoms with E-state index in [1.807, 2.05) is 66.9 Å². The van der Waals surface area contributed by atoms with Gasteiger partial charge in [0.1, 0.15) is 5.75 Å². The van der Waals surface area contributed by atoms with Gasteiger partial charge in [-0.05, 0) is 43.7 Å². The molecule has 0 aliphatic carbocycles. The topological polar surface area (TPSA) is 69.0 Å². The number of amides is 1. The molecule has 2 aromatic carbocycles. The first kappa shape index (κ1) is 21.2. The molecule has 1 N–H and O–H groups in total. The summed E-state index contributed by atoms with van der Waals surface area (Å²) >= 11 is 7.28. The average Bonchev–Trinajstić information content (AvgIpc) is 3.15. The molecule has 6 nitrogen and oxygen atoms in total. The van der Waals surface area contributed by atoms with Gasteiger partial charge in [-0.1, -0.05) is 47.6 Å². The lowest BCUT2D eigenvalue weighted by Crippen LogP contribution is -2.28. The summed E-state index contributed by atoms with van der Waals surface area (Å²) in [6, 6.07) is 15.0. The van der Waals surface area contributed by atoms with Crippen molar-refractivity contribution in [1.29, 1.82) is 0 Å². The third kappa shape index (κ3) is 5.10. The number of ether oxygens (including phenoxy) is 1. The molecule has 29 heavy (non-hydrogen) atoms. The van der Waals surface area contributed by atoms with Crippen molar-refractivity contribution >= 4 is 29.3 Å². The molecule has 0 radical (unpaired) electrons. The number of hydrogen-bond acceptors (Lipinski definition) is 5. The molecule has 0 spiro atoms. The van der Waals surface area contributed by atoms with E-state index in [0.29, 0.717) is 16.7 Å². The van der Waals surface area contributed by atoms with Crippen molar-refractivity contribution < 1.29 is 9.53 Å². The van der Waals surface area contributed by atoms with Crippen LogP contribution in [0, 0.1) is 0 Å². The number of benzene rings is 2. The summed E-state index contributed by atoms with van der Waals surface area (Å²) in [6.07, 6.45) is 0. The molecule has 3 aromatic rings. The summed E-state index contributed by atoms with van der Waals surface area (Å²) in [5.41, 5.74) is 1.87. The van der Waals surface area contributed by atoms with Crippen LogP contribution in [0.3, 0.4) is 0 Å². The summed E-state index contributed by atoms with van der Waals surface area (Å²) in [6.45, 7) is 4.65. The monoisotopic (exact) mass is 430 g/mol. The second kappa shape index (κ2) is 9.80. The van der Waals surface area contributed by atoms with Crippen LogP contribution in [0.15, 0.2) is 53.7 Å². The Morgan fingerprint density at radius 3 is 2.62 bits per heavy atom. The lowest BCUT2D eigenvalue weighted by Gasteiger charge is -2.14. The normalized spacial score (nSPS) is 11.9. The number of para-hydroxylation sites is 1. The van der Waals surface area contributed by atoms with E-state index in [1.165, 1.54) is 11.8 Å². The second-order valence-electron chi connectivity index (χ2n) is 6.38. The summed E-state index contributed by atoms with van der Waals surface area (Å²) in [5, 5.41) is 13.0. The second-order valence-corrected chi connectivity index (χ2v) is 7.76. The zero-order chi connectivity index (χ0) is 20.8. The fourth-order valence-corrected chi connectivity index (χ4v) is 3.90. The molecule has 0 fully saturated rings. The van der Waals surface area contributed by atoms with Crippen LogP contribution >= 0.6 is 23.4 Å². The van der Waals surface area contributed by atoms with Gasteiger partial charge < -0.3 is 14.6 Å². The molecule has 1 atom stereocenters. The molecule has 0 aliphatic heterocycles. The predicted molar refractivity (Wildman–Crippen MR) is 116 cm³/mol. The number of hydrogen-bond donors (Lipinski definition) is 1. The minimum absolute atomic E-state index is 0.0676. The molecule has 1 aromatic heterocycles. The predicted octanol–water partition coefficient (Wildman–Crippen LogP) is 4.60. The molecule has 0 aliphatic rings. The van der Waals surface area contributed by atoms with Crippen molar-refractivity contribution in [3.8, 4) is 17.1 Å². The van der Waals surface area contributed by atoms with Gasteiger partial charge in [0, 0.05) is 11.6 Å². The van der Waals surface area contributed by atoms with Crippen LogP contribution in [0.5, 0.6) is 5.75 Å². The van der Waals surface area contributed by atoms with E-state index in [-0.39, 0.29) is 17.7 Å². The fraction of sp³-hybridized carbons (Fsp3) is 0.286. The number of thioether (sulfide) groups is 1. The molecule has 1 heterocycles. The largest absolute Gasteiger partial charge is 0.496 e. The Kier molecular flexibility index (Phi) is 7.17. The maximum Gasteiger partial charge on any atom is 0.230 e. The Morgan fingerprint density at radius 2 is 1.93 bits per heavy atom. The van der Waals surface area contributed by atoms with E-state index in [4.69, 9.17) is 16.3 Å². The van der Waals surface area contributed by atoms with Crippen LogP contribution < -0.4 is 10.1 Å². The Labute approximate surface area is 179 Å². The molecule has 1 amide bonds. The Balaban J connectivity index is 1.67. The highest BCUT2D eigenvalue weighted by atomic mass is 35.5. The maximum absolute atomic E-state index is 12.4. The van der Waals surface area contributed by atoms with Crippen molar-refractivity contribution in [3.05, 3.63) is 59.1 Å². The Bertz CT molecular complexity index is 975. The Morgan fingerprint density at radius 1 is 1.21 bits per heavy atom. The summed E-state index contributed by atoms with van der Waals surface area (Å²) in [7, 11) is 1.63. The van der Waals surface area contributed by atoms with Crippen LogP contribution in [-0.2, 0) is 11.3 Å². The average molecular weight is 431 g/mol. The van der Waals surface area contributed by atoms with Gasteiger partial charge >= 0.3 is 0 Å². The molecular weight excluding hydrogens is 408 g/mol. The smallest absolute Gasteiger partial charge is 0.230 e. The van der Waals surface area contributed by atoms with Crippen LogP contribution in [0.4, 0.5) is 0 Å². The quantitative estimate of drug-likeness (QED) is 0.529. The highest BCUT2D eigenvalue weighted by molar-refractivity contribution is 7.99. The number of rotatable bonds is 8. The SMILES string of the molecule is CCn1c(SCC(=O)NC(C)c2ccc(Cl)cc2)nnc1-c1ccccc1OC. The number of halogens is 1. The number of aromatic nitrogens is 3. The molecule has 0 saturated carbocycles. The maximum atomic E-state index is 12.4. The van der Waals surface area contributed by atoms with E-state index in [2.05, 4.69) is 15.5 Å². The first-order valence-corrected chi connectivity index (χ1v) is 10.6. The fourth-order valence-electron chi connectivity index (χ4n) is 2.96. The molecule has 3 rings (SSSR count). The molecule has 0 bridgehead atoms. The van der Waals surface area contributed by atoms with Gasteiger partial charge in [0.25, 0.3) is 0 Å². The zero-order valence-corrected chi connectivity index (χ0v) is 18.1. The molecule has 1 unspecified atom stereocenters. The van der Waals surface area contributed by atoms with Crippen molar-refractivity contribution in [3.63, 3.8) is 0 Å². The molecule has 8 heteroatoms. The van der Waals surface area contributed by atoms with Crippen LogP contribution in [-0.4, -0.2) is 33.5 Å². The molecule has 152 valence electrons. The minimum atomic E-state index is -0.103. The summed E-state index contributed by atoms with van der Waals surface area (Å²) in [4.78, 5) is 12.4. The van der Waals surface area contributed by atoms with Crippen molar-refractivity contribution in [2.24, 2.45) is 0 Å². The van der Waals surface area contributed by atoms with E-state index in [0.717, 1.165) is 22.7 Å². The van der Waals surface area contributed by atoms with E-state index in [9.17, 15) is 4.79 Å². The first-order valence-electron chi connectivity index (χ1n) is 9.27. The van der Waals surface area contributed by atoms with Gasteiger partial charge in [-0.2, -0.15) is 0 Å². The van der Waals surface area contributed by atoms with E-state index >= 15 is 0 Å². The van der Waals surface area contributed by atoms with Gasteiger partial charge in [-0.25, -0.2) is 0 Å². The lowest BCUT2D eigenvalue weighted by molar-refractivity contribution is -0.119. The zero-order valence-electron chi connectivity index (χ0n) is 16.6. The van der Waals surface area contributed by atoms with E-state index in [1.54, 1.807) is 7.11 Å². The molecule has 0 saturated heterocycles. The Hall–Kier alpha value is -2.51.